The Balaban J connectivity index is 3.21. The lowest BCUT2D eigenvalue weighted by Gasteiger charge is -2.50. The predicted molar refractivity (Wildman–Crippen MR) is 62.9 cm³/mol. The molecule has 1 N–H and O–H groups in total. The number of rotatable bonds is 3. The molecule has 0 bridgehead atoms. The zero-order chi connectivity index (χ0) is 12.6. The van der Waals surface area contributed by atoms with Gasteiger partial charge >= 0.3 is 0 Å². The molecule has 0 radical (unpaired) electrons. The van der Waals surface area contributed by atoms with Gasteiger partial charge in [0.25, 0.3) is 0 Å². The van der Waals surface area contributed by atoms with Gasteiger partial charge in [0.1, 0.15) is 11.1 Å². The Labute approximate surface area is 97.4 Å². The van der Waals surface area contributed by atoms with Crippen LogP contribution in [0.3, 0.4) is 0 Å². The van der Waals surface area contributed by atoms with Crippen molar-refractivity contribution in [3.63, 3.8) is 0 Å². The molecule has 1 aliphatic rings. The quantitative estimate of drug-likeness (QED) is 0.788. The fourth-order valence-electron chi connectivity index (χ4n) is 2.51. The van der Waals surface area contributed by atoms with Crippen LogP contribution in [0.15, 0.2) is 0 Å². The molecule has 0 spiro atoms. The van der Waals surface area contributed by atoms with E-state index in [1.807, 2.05) is 20.8 Å². The molecule has 1 saturated heterocycles. The van der Waals surface area contributed by atoms with E-state index < -0.39 is 11.1 Å². The number of amides is 2. The number of hydrogen-bond acceptors (Lipinski definition) is 2. The molecule has 92 valence electrons. The maximum atomic E-state index is 12.3. The largest absolute Gasteiger partial charge is 0.340 e. The second-order valence-electron chi connectivity index (χ2n) is 4.87. The number of piperazine rings is 1. The fraction of sp³-hybridized carbons (Fsp3) is 0.833. The Bertz CT molecular complexity index is 306. The third kappa shape index (κ3) is 1.60. The second kappa shape index (κ2) is 4.07. The van der Waals surface area contributed by atoms with Gasteiger partial charge in [-0.05, 0) is 33.6 Å². The Morgan fingerprint density at radius 2 is 1.62 bits per heavy atom. The van der Waals surface area contributed by atoms with Crippen molar-refractivity contribution in [3.8, 4) is 0 Å². The minimum atomic E-state index is -0.777. The highest BCUT2D eigenvalue weighted by Crippen LogP contribution is 2.31. The lowest BCUT2D eigenvalue weighted by atomic mass is 9.83. The zero-order valence-corrected chi connectivity index (χ0v) is 10.9. The SMILES string of the molecule is CCN1C(=O)C(C)(C)NC(=O)C1(CC)CC. The number of nitrogens with zero attached hydrogens (tertiary/aromatic N) is 1. The van der Waals surface area contributed by atoms with Gasteiger partial charge in [0, 0.05) is 6.54 Å². The summed E-state index contributed by atoms with van der Waals surface area (Å²) in [4.78, 5) is 26.2. The molecule has 4 heteroatoms. The summed E-state index contributed by atoms with van der Waals surface area (Å²) >= 11 is 0. The summed E-state index contributed by atoms with van der Waals surface area (Å²) in [7, 11) is 0. The number of hydrogen-bond donors (Lipinski definition) is 1. The maximum Gasteiger partial charge on any atom is 0.248 e. The van der Waals surface area contributed by atoms with Crippen LogP contribution in [0, 0.1) is 0 Å². The number of nitrogens with one attached hydrogen (secondary N) is 1. The minimum Gasteiger partial charge on any atom is -0.340 e. The first-order valence-electron chi connectivity index (χ1n) is 6.00. The molecule has 1 heterocycles. The van der Waals surface area contributed by atoms with Crippen molar-refractivity contribution in [3.05, 3.63) is 0 Å². The Morgan fingerprint density at radius 3 is 2.00 bits per heavy atom. The molecule has 1 rings (SSSR count). The third-order valence-corrected chi connectivity index (χ3v) is 3.63. The van der Waals surface area contributed by atoms with Crippen molar-refractivity contribution in [2.75, 3.05) is 6.54 Å². The van der Waals surface area contributed by atoms with Gasteiger partial charge < -0.3 is 10.2 Å². The van der Waals surface area contributed by atoms with E-state index in [0.717, 1.165) is 0 Å². The topological polar surface area (TPSA) is 49.4 Å². The molecule has 1 fully saturated rings. The summed E-state index contributed by atoms with van der Waals surface area (Å²) in [6.45, 7) is 9.93. The van der Waals surface area contributed by atoms with E-state index in [1.54, 1.807) is 18.7 Å². The highest BCUT2D eigenvalue weighted by molar-refractivity contribution is 6.01. The van der Waals surface area contributed by atoms with Gasteiger partial charge in [-0.3, -0.25) is 9.59 Å². The Kier molecular flexibility index (Phi) is 3.31. The van der Waals surface area contributed by atoms with Crippen LogP contribution < -0.4 is 5.32 Å². The van der Waals surface area contributed by atoms with Gasteiger partial charge in [0.2, 0.25) is 11.8 Å². The maximum absolute atomic E-state index is 12.3. The Morgan fingerprint density at radius 1 is 1.12 bits per heavy atom. The third-order valence-electron chi connectivity index (χ3n) is 3.63. The van der Waals surface area contributed by atoms with Crippen molar-refractivity contribution in [2.24, 2.45) is 0 Å². The first-order valence-corrected chi connectivity index (χ1v) is 6.00. The van der Waals surface area contributed by atoms with Crippen molar-refractivity contribution in [1.29, 1.82) is 0 Å². The fourth-order valence-corrected chi connectivity index (χ4v) is 2.51. The average Bonchev–Trinajstić information content (AvgIpc) is 2.23. The van der Waals surface area contributed by atoms with Gasteiger partial charge in [-0.2, -0.15) is 0 Å². The van der Waals surface area contributed by atoms with E-state index in [1.165, 1.54) is 0 Å². The molecule has 0 aromatic carbocycles. The summed E-state index contributed by atoms with van der Waals surface area (Å²) in [6.07, 6.45) is 1.32. The van der Waals surface area contributed by atoms with Crippen molar-refractivity contribution >= 4 is 11.8 Å². The first kappa shape index (κ1) is 13.0. The van der Waals surface area contributed by atoms with E-state index in [2.05, 4.69) is 5.32 Å². The number of likely N-dealkylation sites (N-methyl/N-ethyl adjacent to an activating group) is 1. The van der Waals surface area contributed by atoms with Gasteiger partial charge in [-0.1, -0.05) is 13.8 Å². The van der Waals surface area contributed by atoms with E-state index >= 15 is 0 Å². The predicted octanol–water partition coefficient (Wildman–Crippen LogP) is 1.30. The van der Waals surface area contributed by atoms with Crippen LogP contribution in [0.4, 0.5) is 0 Å². The van der Waals surface area contributed by atoms with Crippen LogP contribution in [-0.2, 0) is 9.59 Å². The smallest absolute Gasteiger partial charge is 0.248 e. The zero-order valence-electron chi connectivity index (χ0n) is 10.9. The van der Waals surface area contributed by atoms with Crippen LogP contribution in [-0.4, -0.2) is 34.3 Å². The van der Waals surface area contributed by atoms with Gasteiger partial charge in [-0.25, -0.2) is 0 Å². The van der Waals surface area contributed by atoms with Crippen LogP contribution >= 0.6 is 0 Å². The molecule has 0 atom stereocenters. The highest BCUT2D eigenvalue weighted by atomic mass is 16.2. The number of carbonyl (C=O) groups excluding carboxylic acids is 2. The average molecular weight is 226 g/mol. The molecule has 4 nitrogen and oxygen atoms in total. The van der Waals surface area contributed by atoms with E-state index in [4.69, 9.17) is 0 Å². The Hall–Kier alpha value is -1.06. The van der Waals surface area contributed by atoms with Crippen LogP contribution in [0.25, 0.3) is 0 Å². The summed E-state index contributed by atoms with van der Waals surface area (Å²) in [6, 6.07) is 0. The summed E-state index contributed by atoms with van der Waals surface area (Å²) in [5, 5.41) is 2.83. The molecule has 2 amide bonds. The minimum absolute atomic E-state index is 0.0123. The van der Waals surface area contributed by atoms with Crippen molar-refractivity contribution in [2.45, 2.75) is 58.5 Å². The van der Waals surface area contributed by atoms with E-state index in [9.17, 15) is 9.59 Å². The lowest BCUT2D eigenvalue weighted by Crippen LogP contribution is -2.73. The van der Waals surface area contributed by atoms with Crippen molar-refractivity contribution < 1.29 is 9.59 Å². The summed E-state index contributed by atoms with van der Waals surface area (Å²) < 4.78 is 0. The monoisotopic (exact) mass is 226 g/mol. The molecule has 0 aliphatic carbocycles. The number of carbonyl (C=O) groups is 2. The molecule has 16 heavy (non-hydrogen) atoms. The molecule has 1 aliphatic heterocycles. The summed E-state index contributed by atoms with van der Waals surface area (Å²) in [5.41, 5.74) is -1.43. The molecule has 0 aromatic heterocycles. The lowest BCUT2D eigenvalue weighted by molar-refractivity contribution is -0.162. The van der Waals surface area contributed by atoms with Crippen LogP contribution in [0.1, 0.15) is 47.5 Å². The van der Waals surface area contributed by atoms with Gasteiger partial charge in [0.05, 0.1) is 0 Å². The van der Waals surface area contributed by atoms with Crippen LogP contribution in [0.5, 0.6) is 0 Å². The van der Waals surface area contributed by atoms with E-state index in [-0.39, 0.29) is 11.8 Å². The van der Waals surface area contributed by atoms with Crippen LogP contribution in [0.2, 0.25) is 0 Å². The molecule has 0 aromatic rings. The normalized spacial score (nSPS) is 23.2. The molecule has 0 unspecified atom stereocenters. The molecular weight excluding hydrogens is 204 g/mol. The first-order chi connectivity index (χ1) is 7.35. The van der Waals surface area contributed by atoms with Crippen molar-refractivity contribution in [1.82, 2.24) is 10.2 Å². The molecular formula is C12H22N2O2. The summed E-state index contributed by atoms with van der Waals surface area (Å²) in [5.74, 6) is -0.0118. The van der Waals surface area contributed by atoms with Gasteiger partial charge in [-0.15, -0.1) is 0 Å². The highest BCUT2D eigenvalue weighted by Gasteiger charge is 2.52. The standard InChI is InChI=1S/C12H22N2O2/c1-6-12(7-2)9(15)13-11(4,5)10(16)14(12)8-3/h6-8H2,1-5H3,(H,13,15). The van der Waals surface area contributed by atoms with E-state index in [0.29, 0.717) is 19.4 Å². The van der Waals surface area contributed by atoms with Gasteiger partial charge in [0.15, 0.2) is 0 Å². The molecule has 0 saturated carbocycles. The second-order valence-corrected chi connectivity index (χ2v) is 4.87.